The lowest BCUT2D eigenvalue weighted by Gasteiger charge is -2.13. The van der Waals surface area contributed by atoms with Crippen LogP contribution in [0.2, 0.25) is 0 Å². The van der Waals surface area contributed by atoms with Crippen LogP contribution in [0.5, 0.6) is 0 Å². The third kappa shape index (κ3) is 9.62. The second-order valence-corrected chi connectivity index (χ2v) is 6.14. The summed E-state index contributed by atoms with van der Waals surface area (Å²) in [6.07, 6.45) is 17.8. The summed E-state index contributed by atoms with van der Waals surface area (Å²) in [5.74, 6) is 0. The SMILES string of the molecule is CCCCCCCCCCCCN[C@@H](C)c1cccnc1. The molecule has 21 heavy (non-hydrogen) atoms. The Labute approximate surface area is 131 Å². The molecule has 0 spiro atoms. The van der Waals surface area contributed by atoms with E-state index in [9.17, 15) is 0 Å². The lowest BCUT2D eigenvalue weighted by atomic mass is 10.1. The molecule has 0 saturated heterocycles. The van der Waals surface area contributed by atoms with Gasteiger partial charge in [0.2, 0.25) is 0 Å². The van der Waals surface area contributed by atoms with Crippen molar-refractivity contribution in [2.75, 3.05) is 6.54 Å². The van der Waals surface area contributed by atoms with Crippen molar-refractivity contribution >= 4 is 0 Å². The molecule has 1 aromatic heterocycles. The average molecular weight is 290 g/mol. The number of rotatable bonds is 13. The van der Waals surface area contributed by atoms with Gasteiger partial charge in [-0.25, -0.2) is 0 Å². The highest BCUT2D eigenvalue weighted by Crippen LogP contribution is 2.12. The van der Waals surface area contributed by atoms with Crippen molar-refractivity contribution in [2.24, 2.45) is 0 Å². The van der Waals surface area contributed by atoms with Crippen molar-refractivity contribution in [1.82, 2.24) is 10.3 Å². The third-order valence-electron chi connectivity index (χ3n) is 4.17. The van der Waals surface area contributed by atoms with E-state index in [1.165, 1.54) is 69.8 Å². The van der Waals surface area contributed by atoms with Crippen LogP contribution in [0.4, 0.5) is 0 Å². The van der Waals surface area contributed by atoms with Gasteiger partial charge in [0.1, 0.15) is 0 Å². The van der Waals surface area contributed by atoms with Gasteiger partial charge in [-0.2, -0.15) is 0 Å². The molecule has 0 saturated carbocycles. The number of nitrogens with zero attached hydrogens (tertiary/aromatic N) is 1. The Morgan fingerprint density at radius 2 is 1.57 bits per heavy atom. The molecular formula is C19H34N2. The summed E-state index contributed by atoms with van der Waals surface area (Å²) in [7, 11) is 0. The van der Waals surface area contributed by atoms with Gasteiger partial charge in [0.15, 0.2) is 0 Å². The quantitative estimate of drug-likeness (QED) is 0.475. The van der Waals surface area contributed by atoms with Crippen LogP contribution in [-0.2, 0) is 0 Å². The predicted octanol–water partition coefficient (Wildman–Crippen LogP) is 5.65. The fourth-order valence-corrected chi connectivity index (χ4v) is 2.68. The van der Waals surface area contributed by atoms with Crippen LogP contribution >= 0.6 is 0 Å². The molecule has 2 nitrogen and oxygen atoms in total. The van der Waals surface area contributed by atoms with E-state index in [1.807, 2.05) is 18.5 Å². The fraction of sp³-hybridized carbons (Fsp3) is 0.737. The summed E-state index contributed by atoms with van der Waals surface area (Å²) < 4.78 is 0. The second kappa shape index (κ2) is 12.8. The van der Waals surface area contributed by atoms with Gasteiger partial charge in [0.25, 0.3) is 0 Å². The highest BCUT2D eigenvalue weighted by atomic mass is 14.9. The summed E-state index contributed by atoms with van der Waals surface area (Å²) in [5, 5.41) is 3.58. The Bertz CT molecular complexity index is 324. The van der Waals surface area contributed by atoms with Crippen molar-refractivity contribution in [3.8, 4) is 0 Å². The Balaban J connectivity index is 1.86. The predicted molar refractivity (Wildman–Crippen MR) is 92.5 cm³/mol. The van der Waals surface area contributed by atoms with Gasteiger partial charge in [0, 0.05) is 18.4 Å². The van der Waals surface area contributed by atoms with Gasteiger partial charge in [-0.15, -0.1) is 0 Å². The fourth-order valence-electron chi connectivity index (χ4n) is 2.68. The van der Waals surface area contributed by atoms with Gasteiger partial charge in [-0.3, -0.25) is 4.98 Å². The Kier molecular flexibility index (Phi) is 11.1. The van der Waals surface area contributed by atoms with Crippen LogP contribution in [0.15, 0.2) is 24.5 Å². The summed E-state index contributed by atoms with van der Waals surface area (Å²) >= 11 is 0. The van der Waals surface area contributed by atoms with E-state index in [0.717, 1.165) is 6.54 Å². The number of nitrogens with one attached hydrogen (secondary N) is 1. The largest absolute Gasteiger partial charge is 0.310 e. The van der Waals surface area contributed by atoms with Crippen molar-refractivity contribution in [3.63, 3.8) is 0 Å². The zero-order valence-electron chi connectivity index (χ0n) is 14.1. The number of unbranched alkanes of at least 4 members (excludes halogenated alkanes) is 9. The van der Waals surface area contributed by atoms with Gasteiger partial charge in [0.05, 0.1) is 0 Å². The first-order valence-electron chi connectivity index (χ1n) is 8.98. The smallest absolute Gasteiger partial charge is 0.0315 e. The highest BCUT2D eigenvalue weighted by molar-refractivity contribution is 5.12. The van der Waals surface area contributed by atoms with E-state index in [2.05, 4.69) is 30.2 Å². The first kappa shape index (κ1) is 18.2. The van der Waals surface area contributed by atoms with E-state index in [0.29, 0.717) is 6.04 Å². The molecule has 1 rings (SSSR count). The zero-order valence-corrected chi connectivity index (χ0v) is 14.1. The summed E-state index contributed by atoms with van der Waals surface area (Å²) in [6, 6.07) is 4.56. The molecule has 0 aliphatic carbocycles. The minimum absolute atomic E-state index is 0.414. The molecule has 0 aliphatic heterocycles. The number of pyridine rings is 1. The molecule has 0 aliphatic rings. The summed E-state index contributed by atoms with van der Waals surface area (Å²) in [5.41, 5.74) is 1.28. The summed E-state index contributed by atoms with van der Waals surface area (Å²) in [6.45, 7) is 5.61. The Morgan fingerprint density at radius 3 is 2.14 bits per heavy atom. The van der Waals surface area contributed by atoms with Gasteiger partial charge < -0.3 is 5.32 Å². The molecule has 0 radical (unpaired) electrons. The molecule has 0 bridgehead atoms. The second-order valence-electron chi connectivity index (χ2n) is 6.14. The molecule has 120 valence electrons. The molecule has 1 heterocycles. The lowest BCUT2D eigenvalue weighted by Crippen LogP contribution is -2.19. The van der Waals surface area contributed by atoms with Crippen molar-refractivity contribution in [1.29, 1.82) is 0 Å². The third-order valence-corrected chi connectivity index (χ3v) is 4.17. The van der Waals surface area contributed by atoms with Crippen LogP contribution < -0.4 is 5.32 Å². The highest BCUT2D eigenvalue weighted by Gasteiger charge is 2.03. The van der Waals surface area contributed by atoms with Crippen molar-refractivity contribution in [2.45, 2.75) is 84.1 Å². The number of aromatic nitrogens is 1. The first-order valence-corrected chi connectivity index (χ1v) is 8.98. The maximum Gasteiger partial charge on any atom is 0.0315 e. The van der Waals surface area contributed by atoms with Crippen LogP contribution in [0.25, 0.3) is 0 Å². The van der Waals surface area contributed by atoms with Crippen molar-refractivity contribution in [3.05, 3.63) is 30.1 Å². The normalized spacial score (nSPS) is 12.5. The Morgan fingerprint density at radius 1 is 0.952 bits per heavy atom. The maximum atomic E-state index is 4.17. The van der Waals surface area contributed by atoms with Crippen LogP contribution in [-0.4, -0.2) is 11.5 Å². The lowest BCUT2D eigenvalue weighted by molar-refractivity contribution is 0.517. The maximum absolute atomic E-state index is 4.17. The van der Waals surface area contributed by atoms with Gasteiger partial charge in [-0.05, 0) is 31.5 Å². The average Bonchev–Trinajstić information content (AvgIpc) is 2.53. The molecule has 0 fully saturated rings. The summed E-state index contributed by atoms with van der Waals surface area (Å²) in [4.78, 5) is 4.17. The van der Waals surface area contributed by atoms with Gasteiger partial charge >= 0.3 is 0 Å². The van der Waals surface area contributed by atoms with Crippen LogP contribution in [0.1, 0.15) is 89.7 Å². The van der Waals surface area contributed by atoms with E-state index in [-0.39, 0.29) is 0 Å². The topological polar surface area (TPSA) is 24.9 Å². The minimum Gasteiger partial charge on any atom is -0.310 e. The van der Waals surface area contributed by atoms with E-state index in [4.69, 9.17) is 0 Å². The molecule has 1 atom stereocenters. The van der Waals surface area contributed by atoms with E-state index >= 15 is 0 Å². The molecule has 0 aromatic carbocycles. The first-order chi connectivity index (χ1) is 10.3. The molecule has 2 heteroatoms. The monoisotopic (exact) mass is 290 g/mol. The Hall–Kier alpha value is -0.890. The number of hydrogen-bond donors (Lipinski definition) is 1. The van der Waals surface area contributed by atoms with Crippen LogP contribution in [0, 0.1) is 0 Å². The molecule has 0 unspecified atom stereocenters. The molecular weight excluding hydrogens is 256 g/mol. The molecule has 0 amide bonds. The van der Waals surface area contributed by atoms with E-state index < -0.39 is 0 Å². The van der Waals surface area contributed by atoms with Crippen LogP contribution in [0.3, 0.4) is 0 Å². The zero-order chi connectivity index (χ0) is 15.2. The molecule has 1 N–H and O–H groups in total. The standard InChI is InChI=1S/C19H34N2/c1-3-4-5-6-7-8-9-10-11-12-16-21-18(2)19-14-13-15-20-17-19/h13-15,17-18,21H,3-12,16H2,1-2H3/t18-/m0/s1. The molecule has 1 aromatic rings. The van der Waals surface area contributed by atoms with E-state index in [1.54, 1.807) is 0 Å². The van der Waals surface area contributed by atoms with Crippen molar-refractivity contribution < 1.29 is 0 Å². The van der Waals surface area contributed by atoms with Gasteiger partial charge in [-0.1, -0.05) is 70.8 Å². The number of hydrogen-bond acceptors (Lipinski definition) is 2. The minimum atomic E-state index is 0.414.